The molecule has 0 radical (unpaired) electrons. The van der Waals surface area contributed by atoms with Crippen LogP contribution in [0.5, 0.6) is 0 Å². The molecule has 0 saturated heterocycles. The van der Waals surface area contributed by atoms with Crippen molar-refractivity contribution in [3.05, 3.63) is 188 Å². The third-order valence-corrected chi connectivity index (χ3v) is 9.88. The molecule has 0 amide bonds. The molecule has 51 heavy (non-hydrogen) atoms. The summed E-state index contributed by atoms with van der Waals surface area (Å²) >= 11 is 0. The van der Waals surface area contributed by atoms with E-state index in [0.717, 1.165) is 77.6 Å². The van der Waals surface area contributed by atoms with Crippen molar-refractivity contribution in [3.63, 3.8) is 0 Å². The van der Waals surface area contributed by atoms with Crippen LogP contribution in [-0.4, -0.2) is 0 Å². The molecular weight excluding hydrogens is 623 g/mol. The van der Waals surface area contributed by atoms with Crippen molar-refractivity contribution in [2.75, 3.05) is 4.90 Å². The fraction of sp³-hybridized carbons (Fsp3) is 0. The van der Waals surface area contributed by atoms with Crippen LogP contribution in [0.1, 0.15) is 0 Å². The number of nitrogens with zero attached hydrogens (tertiary/aromatic N) is 1. The summed E-state index contributed by atoms with van der Waals surface area (Å²) in [4.78, 5) is 2.28. The first-order valence-electron chi connectivity index (χ1n) is 17.3. The molecule has 2 aromatic heterocycles. The predicted molar refractivity (Wildman–Crippen MR) is 212 cm³/mol. The van der Waals surface area contributed by atoms with E-state index in [1.165, 1.54) is 16.7 Å². The van der Waals surface area contributed by atoms with Crippen molar-refractivity contribution in [2.24, 2.45) is 0 Å². The van der Waals surface area contributed by atoms with Gasteiger partial charge in [-0.3, -0.25) is 0 Å². The van der Waals surface area contributed by atoms with E-state index in [1.54, 1.807) is 0 Å². The Morgan fingerprint density at radius 3 is 1.55 bits per heavy atom. The highest BCUT2D eigenvalue weighted by molar-refractivity contribution is 6.19. The summed E-state index contributed by atoms with van der Waals surface area (Å²) in [5.41, 5.74) is 13.5. The topological polar surface area (TPSA) is 29.5 Å². The Kier molecular flexibility index (Phi) is 6.81. The highest BCUT2D eigenvalue weighted by atomic mass is 16.3. The van der Waals surface area contributed by atoms with E-state index >= 15 is 0 Å². The van der Waals surface area contributed by atoms with Gasteiger partial charge in [0, 0.05) is 32.9 Å². The summed E-state index contributed by atoms with van der Waals surface area (Å²) in [6.45, 7) is 0. The van der Waals surface area contributed by atoms with E-state index in [1.807, 2.05) is 18.2 Å². The van der Waals surface area contributed by atoms with Crippen molar-refractivity contribution in [1.29, 1.82) is 0 Å². The molecule has 0 aliphatic carbocycles. The quantitative estimate of drug-likeness (QED) is 0.179. The van der Waals surface area contributed by atoms with Gasteiger partial charge in [-0.05, 0) is 81.9 Å². The molecule has 240 valence electrons. The van der Waals surface area contributed by atoms with Gasteiger partial charge in [0.05, 0.1) is 5.69 Å². The first-order valence-corrected chi connectivity index (χ1v) is 17.3. The van der Waals surface area contributed by atoms with Crippen LogP contribution >= 0.6 is 0 Å². The van der Waals surface area contributed by atoms with Gasteiger partial charge in [-0.15, -0.1) is 0 Å². The molecule has 0 fully saturated rings. The van der Waals surface area contributed by atoms with Crippen molar-refractivity contribution in [3.8, 4) is 33.4 Å². The van der Waals surface area contributed by atoms with Gasteiger partial charge in [0.2, 0.25) is 0 Å². The van der Waals surface area contributed by atoms with Crippen molar-refractivity contribution in [1.82, 2.24) is 0 Å². The number of rotatable bonds is 6. The molecule has 10 aromatic rings. The van der Waals surface area contributed by atoms with Gasteiger partial charge in [0.15, 0.2) is 5.58 Å². The van der Waals surface area contributed by atoms with Crippen LogP contribution in [0, 0.1) is 0 Å². The van der Waals surface area contributed by atoms with Crippen LogP contribution in [0.4, 0.5) is 17.1 Å². The third kappa shape index (κ3) is 4.98. The summed E-state index contributed by atoms with van der Waals surface area (Å²) in [6.07, 6.45) is 0. The average Bonchev–Trinajstić information content (AvgIpc) is 3.76. The number of benzene rings is 8. The molecule has 3 heteroatoms. The second-order valence-corrected chi connectivity index (χ2v) is 12.9. The Hall–Kier alpha value is -6.84. The van der Waals surface area contributed by atoms with E-state index in [0.29, 0.717) is 0 Å². The van der Waals surface area contributed by atoms with Gasteiger partial charge in [-0.25, -0.2) is 0 Å². The van der Waals surface area contributed by atoms with Gasteiger partial charge in [-0.2, -0.15) is 0 Å². The lowest BCUT2D eigenvalue weighted by Crippen LogP contribution is -2.10. The number of fused-ring (bicyclic) bond motifs is 6. The number of furan rings is 2. The van der Waals surface area contributed by atoms with Crippen LogP contribution < -0.4 is 4.90 Å². The van der Waals surface area contributed by atoms with Gasteiger partial charge in [0.25, 0.3) is 0 Å². The van der Waals surface area contributed by atoms with Crippen LogP contribution in [0.15, 0.2) is 197 Å². The highest BCUT2D eigenvalue weighted by Gasteiger charge is 2.21. The summed E-state index contributed by atoms with van der Waals surface area (Å²) in [7, 11) is 0. The minimum Gasteiger partial charge on any atom is -0.456 e. The first-order chi connectivity index (χ1) is 25.3. The molecule has 2 heterocycles. The van der Waals surface area contributed by atoms with Crippen LogP contribution in [0.3, 0.4) is 0 Å². The predicted octanol–water partition coefficient (Wildman–Crippen LogP) is 14.0. The monoisotopic (exact) mass is 653 g/mol. The van der Waals surface area contributed by atoms with Crippen molar-refractivity contribution in [2.45, 2.75) is 0 Å². The molecule has 0 N–H and O–H groups in total. The zero-order chi connectivity index (χ0) is 33.7. The van der Waals surface area contributed by atoms with Gasteiger partial charge >= 0.3 is 0 Å². The summed E-state index contributed by atoms with van der Waals surface area (Å²) in [5.74, 6) is 0. The summed E-state index contributed by atoms with van der Waals surface area (Å²) in [5, 5.41) is 4.22. The lowest BCUT2D eigenvalue weighted by atomic mass is 9.99. The molecule has 0 spiro atoms. The minimum absolute atomic E-state index is 0.831. The molecule has 10 rings (SSSR count). The van der Waals surface area contributed by atoms with Gasteiger partial charge in [0.1, 0.15) is 16.7 Å². The van der Waals surface area contributed by atoms with Gasteiger partial charge in [-0.1, -0.05) is 140 Å². The van der Waals surface area contributed by atoms with Crippen LogP contribution in [0.2, 0.25) is 0 Å². The molecule has 0 aliphatic heterocycles. The smallest absolute Gasteiger partial charge is 0.159 e. The molecule has 0 atom stereocenters. The molecule has 8 aromatic carbocycles. The number of hydrogen-bond donors (Lipinski definition) is 0. The van der Waals surface area contributed by atoms with Crippen LogP contribution in [0.25, 0.3) is 77.3 Å². The maximum atomic E-state index is 6.84. The second-order valence-electron chi connectivity index (χ2n) is 12.9. The zero-order valence-electron chi connectivity index (χ0n) is 27.7. The molecule has 3 nitrogen and oxygen atoms in total. The normalized spacial score (nSPS) is 11.5. The SMILES string of the molecule is c1ccc(-c2ccc(-c3ccc(N(c4ccccc4)c4cccc5c4oc4cc6c(cc45)oc4cccc(-c5ccccc5)c46)cc3)cc2)cc1. The average molecular weight is 654 g/mol. The summed E-state index contributed by atoms with van der Waals surface area (Å²) < 4.78 is 13.3. The van der Waals surface area contributed by atoms with Crippen molar-refractivity contribution < 1.29 is 8.83 Å². The van der Waals surface area contributed by atoms with Crippen molar-refractivity contribution >= 4 is 60.9 Å². The molecular formula is C48H31NO2. The molecule has 0 saturated carbocycles. The number of anilines is 3. The number of hydrogen-bond acceptors (Lipinski definition) is 3. The third-order valence-electron chi connectivity index (χ3n) is 9.88. The standard InChI is InChI=1S/C48H31NO2/c1-4-12-32(13-5-1)33-22-24-34(25-23-33)35-26-28-38(29-27-35)49(37-16-8-3-9-17-37)43-20-10-19-40-41-30-46-42(31-45(41)51-48(40)43)47-39(18-11-21-44(47)50-46)36-14-6-2-7-15-36/h1-31H. The number of para-hydroxylation sites is 2. The lowest BCUT2D eigenvalue weighted by molar-refractivity contribution is 0.664. The second kappa shape index (κ2) is 11.9. The maximum Gasteiger partial charge on any atom is 0.159 e. The van der Waals surface area contributed by atoms with E-state index < -0.39 is 0 Å². The fourth-order valence-electron chi connectivity index (χ4n) is 7.43. The Balaban J connectivity index is 1.09. The fourth-order valence-corrected chi connectivity index (χ4v) is 7.43. The van der Waals surface area contributed by atoms with E-state index in [2.05, 4.69) is 175 Å². The van der Waals surface area contributed by atoms with E-state index in [9.17, 15) is 0 Å². The maximum absolute atomic E-state index is 6.84. The highest BCUT2D eigenvalue weighted by Crippen LogP contribution is 2.45. The largest absolute Gasteiger partial charge is 0.456 e. The van der Waals surface area contributed by atoms with Gasteiger partial charge < -0.3 is 13.7 Å². The Bertz CT molecular complexity index is 2820. The molecule has 0 unspecified atom stereocenters. The Labute approximate surface area is 295 Å². The Morgan fingerprint density at radius 1 is 0.333 bits per heavy atom. The molecule has 0 bridgehead atoms. The molecule has 0 aliphatic rings. The lowest BCUT2D eigenvalue weighted by Gasteiger charge is -2.25. The van der Waals surface area contributed by atoms with Crippen LogP contribution in [-0.2, 0) is 0 Å². The minimum atomic E-state index is 0.831. The van der Waals surface area contributed by atoms with E-state index in [4.69, 9.17) is 8.83 Å². The summed E-state index contributed by atoms with van der Waals surface area (Å²) in [6, 6.07) is 66.0. The zero-order valence-corrected chi connectivity index (χ0v) is 27.7. The first kappa shape index (κ1) is 29.1. The van der Waals surface area contributed by atoms with E-state index in [-0.39, 0.29) is 0 Å². The Morgan fingerprint density at radius 2 is 0.863 bits per heavy atom.